The lowest BCUT2D eigenvalue weighted by Gasteiger charge is -2.21. The lowest BCUT2D eigenvalue weighted by molar-refractivity contribution is 0.729. The molecule has 0 amide bonds. The predicted octanol–water partition coefficient (Wildman–Crippen LogP) is 5.88. The fraction of sp³-hybridized carbons (Fsp3) is 0.0526. The van der Waals surface area contributed by atoms with E-state index in [9.17, 15) is 0 Å². The van der Waals surface area contributed by atoms with E-state index in [-0.39, 0.29) is 12.0 Å². The number of anilines is 1. The zero-order valence-corrected chi connectivity index (χ0v) is 16.6. The van der Waals surface area contributed by atoms with Gasteiger partial charge in [0.2, 0.25) is 0 Å². The quantitative estimate of drug-likeness (QED) is 0.344. The van der Waals surface area contributed by atoms with Crippen molar-refractivity contribution in [1.82, 2.24) is 10.3 Å². The Morgan fingerprint density at radius 3 is 2.42 bits per heavy atom. The van der Waals surface area contributed by atoms with Gasteiger partial charge in [0.05, 0.1) is 21.8 Å². The number of halogens is 3. The van der Waals surface area contributed by atoms with Crippen LogP contribution in [0.15, 0.2) is 71.3 Å². The van der Waals surface area contributed by atoms with E-state index < -0.39 is 0 Å². The summed E-state index contributed by atoms with van der Waals surface area (Å²) >= 11 is 15.4. The second-order valence-electron chi connectivity index (χ2n) is 5.52. The highest BCUT2D eigenvalue weighted by Gasteiger charge is 2.16. The number of aromatic nitrogens is 1. The number of nitrogens with one attached hydrogen (secondary N) is 3. The van der Waals surface area contributed by atoms with Crippen LogP contribution in [0.3, 0.4) is 0 Å². The van der Waals surface area contributed by atoms with E-state index in [4.69, 9.17) is 28.6 Å². The molecule has 0 saturated carbocycles. The summed E-state index contributed by atoms with van der Waals surface area (Å²) in [5, 5.41) is 15.3. The Kier molecular flexibility index (Phi) is 6.14. The first-order valence-electron chi connectivity index (χ1n) is 7.76. The van der Waals surface area contributed by atoms with E-state index in [1.54, 1.807) is 24.4 Å². The molecule has 1 heterocycles. The monoisotopic (exact) mass is 448 g/mol. The van der Waals surface area contributed by atoms with Crippen LogP contribution >= 0.6 is 39.1 Å². The number of hydrogen-bond acceptors (Lipinski definition) is 2. The summed E-state index contributed by atoms with van der Waals surface area (Å²) in [5.74, 6) is 0.127. The van der Waals surface area contributed by atoms with Gasteiger partial charge in [-0.05, 0) is 51.8 Å². The zero-order valence-electron chi connectivity index (χ0n) is 13.5. The molecule has 0 saturated heterocycles. The summed E-state index contributed by atoms with van der Waals surface area (Å²) < 4.78 is 0.900. The number of rotatable bonds is 4. The second kappa shape index (κ2) is 8.54. The minimum absolute atomic E-state index is 0.127. The summed E-state index contributed by atoms with van der Waals surface area (Å²) in [7, 11) is 0. The molecule has 3 N–H and O–H groups in total. The van der Waals surface area contributed by atoms with Crippen LogP contribution in [0.25, 0.3) is 0 Å². The fourth-order valence-electron chi connectivity index (χ4n) is 2.43. The molecule has 0 radical (unpaired) electrons. The highest BCUT2D eigenvalue weighted by atomic mass is 79.9. The fourth-order valence-corrected chi connectivity index (χ4v) is 2.96. The summed E-state index contributed by atoms with van der Waals surface area (Å²) in [6, 6.07) is 18.6. The molecule has 3 rings (SSSR count). The van der Waals surface area contributed by atoms with Crippen LogP contribution in [0.1, 0.15) is 17.3 Å². The number of nitrogens with zero attached hydrogens (tertiary/aromatic N) is 1. The third-order valence-corrected chi connectivity index (χ3v) is 4.86. The summed E-state index contributed by atoms with van der Waals surface area (Å²) in [5.41, 5.74) is 2.48. The van der Waals surface area contributed by atoms with Gasteiger partial charge in [-0.1, -0.05) is 53.5 Å². The average Bonchev–Trinajstić information content (AvgIpc) is 2.64. The molecular weight excluding hydrogens is 435 g/mol. The van der Waals surface area contributed by atoms with Crippen LogP contribution in [0.4, 0.5) is 5.69 Å². The molecule has 0 fully saturated rings. The van der Waals surface area contributed by atoms with Crippen LogP contribution in [0.2, 0.25) is 10.0 Å². The normalized spacial score (nSPS) is 11.7. The Morgan fingerprint density at radius 2 is 1.77 bits per heavy atom. The molecule has 26 heavy (non-hydrogen) atoms. The van der Waals surface area contributed by atoms with Crippen molar-refractivity contribution in [3.63, 3.8) is 0 Å². The van der Waals surface area contributed by atoms with E-state index in [1.807, 2.05) is 42.5 Å². The van der Waals surface area contributed by atoms with Gasteiger partial charge in [-0.2, -0.15) is 0 Å². The first kappa shape index (κ1) is 18.7. The zero-order chi connectivity index (χ0) is 18.5. The molecule has 0 aliphatic rings. The van der Waals surface area contributed by atoms with Gasteiger partial charge in [-0.3, -0.25) is 10.4 Å². The van der Waals surface area contributed by atoms with Crippen molar-refractivity contribution in [1.29, 1.82) is 5.41 Å². The Bertz CT molecular complexity index is 901. The first-order valence-corrected chi connectivity index (χ1v) is 9.31. The second-order valence-corrected chi connectivity index (χ2v) is 7.25. The van der Waals surface area contributed by atoms with Gasteiger partial charge in [-0.15, -0.1) is 0 Å². The van der Waals surface area contributed by atoms with E-state index in [0.29, 0.717) is 15.7 Å². The maximum atomic E-state index is 8.29. The first-order chi connectivity index (χ1) is 12.5. The van der Waals surface area contributed by atoms with Crippen molar-refractivity contribution in [2.75, 3.05) is 5.32 Å². The number of benzene rings is 2. The lowest BCUT2D eigenvalue weighted by Crippen LogP contribution is -2.34. The molecule has 0 aliphatic heterocycles. The largest absolute Gasteiger partial charge is 0.344 e. The molecule has 4 nitrogen and oxygen atoms in total. The van der Waals surface area contributed by atoms with Crippen molar-refractivity contribution in [3.8, 4) is 0 Å². The Balaban J connectivity index is 1.82. The molecule has 0 unspecified atom stereocenters. The Hall–Kier alpha value is -2.08. The van der Waals surface area contributed by atoms with Gasteiger partial charge in [0.25, 0.3) is 0 Å². The minimum atomic E-state index is -0.271. The highest BCUT2D eigenvalue weighted by molar-refractivity contribution is 9.10. The van der Waals surface area contributed by atoms with Crippen molar-refractivity contribution < 1.29 is 0 Å². The maximum Gasteiger partial charge on any atom is 0.193 e. The summed E-state index contributed by atoms with van der Waals surface area (Å²) in [6.07, 6.45) is 1.74. The molecule has 1 atom stereocenters. The third-order valence-electron chi connectivity index (χ3n) is 3.66. The van der Waals surface area contributed by atoms with Gasteiger partial charge in [0.15, 0.2) is 5.96 Å². The molecule has 2 aromatic carbocycles. The van der Waals surface area contributed by atoms with Gasteiger partial charge in [0.1, 0.15) is 0 Å². The van der Waals surface area contributed by atoms with Gasteiger partial charge < -0.3 is 10.6 Å². The predicted molar refractivity (Wildman–Crippen MR) is 111 cm³/mol. The molecular formula is C19H15BrCl2N4. The average molecular weight is 450 g/mol. The van der Waals surface area contributed by atoms with Crippen LogP contribution in [0, 0.1) is 5.41 Å². The van der Waals surface area contributed by atoms with Gasteiger partial charge in [0, 0.05) is 16.4 Å². The molecule has 0 bridgehead atoms. The summed E-state index contributed by atoms with van der Waals surface area (Å²) in [4.78, 5) is 4.47. The van der Waals surface area contributed by atoms with Gasteiger partial charge in [-0.25, -0.2) is 0 Å². The molecule has 132 valence electrons. The number of hydrogen-bond donors (Lipinski definition) is 3. The highest BCUT2D eigenvalue weighted by Crippen LogP contribution is 2.25. The standard InChI is InChI=1S/C19H15BrCl2N4/c20-13-6-9-17(24-11-13)18(12-4-2-1-3-5-12)26-19(23)25-14-7-8-15(21)16(22)10-14/h1-11,18H,(H3,23,25,26)/t18-/m0/s1. The molecule has 7 heteroatoms. The topological polar surface area (TPSA) is 60.8 Å². The lowest BCUT2D eigenvalue weighted by atomic mass is 10.0. The van der Waals surface area contributed by atoms with E-state index in [0.717, 1.165) is 15.7 Å². The van der Waals surface area contributed by atoms with Crippen LogP contribution < -0.4 is 10.6 Å². The maximum absolute atomic E-state index is 8.29. The van der Waals surface area contributed by atoms with Gasteiger partial charge >= 0.3 is 0 Å². The van der Waals surface area contributed by atoms with Crippen molar-refractivity contribution in [2.24, 2.45) is 0 Å². The van der Waals surface area contributed by atoms with Crippen LogP contribution in [-0.4, -0.2) is 10.9 Å². The van der Waals surface area contributed by atoms with Crippen LogP contribution in [0.5, 0.6) is 0 Å². The van der Waals surface area contributed by atoms with E-state index in [2.05, 4.69) is 31.5 Å². The smallest absolute Gasteiger partial charge is 0.193 e. The SMILES string of the molecule is N=C(Nc1ccc(Cl)c(Cl)c1)N[C@@H](c1ccccc1)c1ccc(Br)cn1. The Labute approximate surface area is 170 Å². The third kappa shape index (κ3) is 4.75. The molecule has 3 aromatic rings. The van der Waals surface area contributed by atoms with E-state index >= 15 is 0 Å². The van der Waals surface area contributed by atoms with Crippen molar-refractivity contribution >= 4 is 50.8 Å². The van der Waals surface area contributed by atoms with E-state index in [1.165, 1.54) is 0 Å². The molecule has 0 aliphatic carbocycles. The summed E-state index contributed by atoms with van der Waals surface area (Å²) in [6.45, 7) is 0. The van der Waals surface area contributed by atoms with Crippen molar-refractivity contribution in [3.05, 3.63) is 92.6 Å². The van der Waals surface area contributed by atoms with Crippen LogP contribution in [-0.2, 0) is 0 Å². The molecule has 0 spiro atoms. The molecule has 1 aromatic heterocycles. The number of guanidine groups is 1. The minimum Gasteiger partial charge on any atom is -0.344 e. The Morgan fingerprint density at radius 1 is 1.00 bits per heavy atom. The number of pyridine rings is 1. The van der Waals surface area contributed by atoms with Crippen molar-refractivity contribution in [2.45, 2.75) is 6.04 Å².